The standard InChI is InChI=1S/C20H18ClN7O3S/c1-32(30,31)15-7-5-12(6-8-15)25-20-26-18(22)17-19(27-20)28(11-23-17)14-4-2-3-13(9-14)24-16(29)10-21/h2-9,11H,10H2,1H3,(H,24,29)(H3,22,25,26,27). The number of fused-ring (bicyclic) bond motifs is 1. The molecule has 0 unspecified atom stereocenters. The zero-order valence-electron chi connectivity index (χ0n) is 16.8. The van der Waals surface area contributed by atoms with E-state index in [9.17, 15) is 13.2 Å². The topological polar surface area (TPSA) is 145 Å². The molecule has 0 radical (unpaired) electrons. The highest BCUT2D eigenvalue weighted by Gasteiger charge is 2.14. The van der Waals surface area contributed by atoms with Crippen molar-refractivity contribution in [2.75, 3.05) is 28.5 Å². The fraction of sp³-hybridized carbons (Fsp3) is 0.100. The summed E-state index contributed by atoms with van der Waals surface area (Å²) in [6.45, 7) is 0. The number of halogens is 1. The summed E-state index contributed by atoms with van der Waals surface area (Å²) in [6.07, 6.45) is 2.70. The van der Waals surface area contributed by atoms with E-state index >= 15 is 0 Å². The van der Waals surface area contributed by atoms with E-state index in [1.165, 1.54) is 12.1 Å². The smallest absolute Gasteiger partial charge is 0.239 e. The number of hydrogen-bond donors (Lipinski definition) is 3. The quantitative estimate of drug-likeness (QED) is 0.364. The fourth-order valence-corrected chi connectivity index (χ4v) is 3.71. The van der Waals surface area contributed by atoms with Crippen LogP contribution in [0.25, 0.3) is 16.9 Å². The third kappa shape index (κ3) is 4.48. The average molecular weight is 472 g/mol. The minimum atomic E-state index is -3.29. The number of nitrogen functional groups attached to an aromatic ring is 1. The van der Waals surface area contributed by atoms with E-state index in [1.54, 1.807) is 41.2 Å². The number of carbonyl (C=O) groups is 1. The molecule has 0 bridgehead atoms. The second kappa shape index (κ2) is 8.44. The molecule has 12 heteroatoms. The fourth-order valence-electron chi connectivity index (χ4n) is 3.01. The number of alkyl halides is 1. The number of nitrogens with zero attached hydrogens (tertiary/aromatic N) is 4. The molecular formula is C20H18ClN7O3S. The first-order valence-corrected chi connectivity index (χ1v) is 11.7. The lowest BCUT2D eigenvalue weighted by Crippen LogP contribution is -2.12. The van der Waals surface area contributed by atoms with Crippen LogP contribution in [0, 0.1) is 0 Å². The third-order valence-electron chi connectivity index (χ3n) is 4.49. The van der Waals surface area contributed by atoms with Gasteiger partial charge in [-0.15, -0.1) is 11.6 Å². The largest absolute Gasteiger partial charge is 0.382 e. The van der Waals surface area contributed by atoms with Crippen LogP contribution in [0.1, 0.15) is 0 Å². The zero-order valence-corrected chi connectivity index (χ0v) is 18.4. The van der Waals surface area contributed by atoms with Gasteiger partial charge < -0.3 is 16.4 Å². The van der Waals surface area contributed by atoms with Gasteiger partial charge in [0.1, 0.15) is 12.2 Å². The van der Waals surface area contributed by atoms with Crippen molar-refractivity contribution >= 4 is 61.7 Å². The molecule has 0 atom stereocenters. The molecule has 2 aromatic heterocycles. The van der Waals surface area contributed by atoms with Gasteiger partial charge in [-0.25, -0.2) is 13.4 Å². The maximum atomic E-state index is 11.6. The SMILES string of the molecule is CS(=O)(=O)c1ccc(Nc2nc(N)c3ncn(-c4cccc(NC(=O)CCl)c4)c3n2)cc1. The number of nitrogens with two attached hydrogens (primary N) is 1. The first-order chi connectivity index (χ1) is 15.2. The Bertz CT molecular complexity index is 1420. The van der Waals surface area contributed by atoms with Crippen LogP contribution in [0.3, 0.4) is 0 Å². The molecule has 0 aliphatic rings. The summed E-state index contributed by atoms with van der Waals surface area (Å²) in [7, 11) is -3.29. The summed E-state index contributed by atoms with van der Waals surface area (Å²) in [5.41, 5.74) is 8.80. The van der Waals surface area contributed by atoms with Crippen LogP contribution in [0.15, 0.2) is 59.8 Å². The molecule has 32 heavy (non-hydrogen) atoms. The second-order valence-corrected chi connectivity index (χ2v) is 9.16. The molecule has 0 saturated heterocycles. The molecule has 1 amide bonds. The number of aromatic nitrogens is 4. The van der Waals surface area contributed by atoms with Crippen molar-refractivity contribution in [1.29, 1.82) is 0 Å². The van der Waals surface area contributed by atoms with Crippen molar-refractivity contribution in [2.24, 2.45) is 0 Å². The number of imidazole rings is 1. The lowest BCUT2D eigenvalue weighted by molar-refractivity contribution is -0.113. The van der Waals surface area contributed by atoms with Gasteiger partial charge in [0.2, 0.25) is 11.9 Å². The van der Waals surface area contributed by atoms with Gasteiger partial charge in [-0.2, -0.15) is 9.97 Å². The van der Waals surface area contributed by atoms with Crippen LogP contribution in [0.2, 0.25) is 0 Å². The predicted molar refractivity (Wildman–Crippen MR) is 123 cm³/mol. The molecule has 10 nitrogen and oxygen atoms in total. The number of hydrogen-bond acceptors (Lipinski definition) is 8. The van der Waals surface area contributed by atoms with Crippen LogP contribution in [0.4, 0.5) is 23.1 Å². The summed E-state index contributed by atoms with van der Waals surface area (Å²) in [4.78, 5) is 24.8. The Morgan fingerprint density at radius 3 is 2.56 bits per heavy atom. The molecule has 0 fully saturated rings. The molecule has 4 N–H and O–H groups in total. The first kappa shape index (κ1) is 21.5. The lowest BCUT2D eigenvalue weighted by atomic mass is 10.2. The van der Waals surface area contributed by atoms with E-state index < -0.39 is 9.84 Å². The van der Waals surface area contributed by atoms with Gasteiger partial charge in [0.25, 0.3) is 0 Å². The molecule has 0 aliphatic heterocycles. The summed E-state index contributed by atoms with van der Waals surface area (Å²) >= 11 is 5.56. The normalized spacial score (nSPS) is 11.4. The zero-order chi connectivity index (χ0) is 22.9. The Balaban J connectivity index is 1.69. The molecule has 0 spiro atoms. The van der Waals surface area contributed by atoms with Crippen molar-refractivity contribution in [3.63, 3.8) is 0 Å². The number of anilines is 4. The van der Waals surface area contributed by atoms with Crippen LogP contribution in [-0.2, 0) is 14.6 Å². The van der Waals surface area contributed by atoms with Gasteiger partial charge in [0.15, 0.2) is 26.8 Å². The molecule has 2 aromatic carbocycles. The molecule has 164 valence electrons. The number of carbonyl (C=O) groups excluding carboxylic acids is 1. The van der Waals surface area contributed by atoms with Gasteiger partial charge in [-0.05, 0) is 42.5 Å². The summed E-state index contributed by atoms with van der Waals surface area (Å²) < 4.78 is 25.0. The summed E-state index contributed by atoms with van der Waals surface area (Å²) in [5.74, 6) is -0.0762. The van der Waals surface area contributed by atoms with Crippen molar-refractivity contribution in [3.05, 3.63) is 54.9 Å². The van der Waals surface area contributed by atoms with E-state index in [-0.39, 0.29) is 28.4 Å². The molecule has 0 aliphatic carbocycles. The van der Waals surface area contributed by atoms with Gasteiger partial charge in [-0.3, -0.25) is 9.36 Å². The van der Waals surface area contributed by atoms with Gasteiger partial charge in [0.05, 0.1) is 10.6 Å². The minimum Gasteiger partial charge on any atom is -0.382 e. The Morgan fingerprint density at radius 1 is 1.12 bits per heavy atom. The number of rotatable bonds is 6. The highest BCUT2D eigenvalue weighted by Crippen LogP contribution is 2.25. The first-order valence-electron chi connectivity index (χ1n) is 9.28. The molecule has 2 heterocycles. The number of nitrogens with one attached hydrogen (secondary N) is 2. The van der Waals surface area contributed by atoms with Crippen molar-refractivity contribution < 1.29 is 13.2 Å². The van der Waals surface area contributed by atoms with Gasteiger partial charge >= 0.3 is 0 Å². The summed E-state index contributed by atoms with van der Waals surface area (Å²) in [5, 5.41) is 5.71. The van der Waals surface area contributed by atoms with Crippen molar-refractivity contribution in [1.82, 2.24) is 19.5 Å². The predicted octanol–water partition coefficient (Wildman–Crippen LogP) is 2.72. The van der Waals surface area contributed by atoms with Crippen molar-refractivity contribution in [2.45, 2.75) is 4.90 Å². The average Bonchev–Trinajstić information content (AvgIpc) is 3.18. The molecular weight excluding hydrogens is 454 g/mol. The van der Waals surface area contributed by atoms with E-state index in [4.69, 9.17) is 17.3 Å². The van der Waals surface area contributed by atoms with Crippen LogP contribution in [0.5, 0.6) is 0 Å². The minimum absolute atomic E-state index is 0.151. The Hall–Kier alpha value is -3.70. The van der Waals surface area contributed by atoms with E-state index in [0.717, 1.165) is 6.26 Å². The highest BCUT2D eigenvalue weighted by atomic mass is 35.5. The third-order valence-corrected chi connectivity index (χ3v) is 5.86. The second-order valence-electron chi connectivity index (χ2n) is 6.87. The van der Waals surface area contributed by atoms with Crippen LogP contribution in [-0.4, -0.2) is 46.0 Å². The molecule has 0 saturated carbocycles. The Kier molecular flexibility index (Phi) is 5.68. The number of sulfone groups is 1. The van der Waals surface area contributed by atoms with E-state index in [1.807, 2.05) is 6.07 Å². The Labute approximate surface area is 188 Å². The van der Waals surface area contributed by atoms with Gasteiger partial charge in [0, 0.05) is 17.6 Å². The maximum Gasteiger partial charge on any atom is 0.239 e. The van der Waals surface area contributed by atoms with Crippen LogP contribution < -0.4 is 16.4 Å². The van der Waals surface area contributed by atoms with E-state index in [0.29, 0.717) is 28.2 Å². The van der Waals surface area contributed by atoms with Gasteiger partial charge in [-0.1, -0.05) is 6.07 Å². The van der Waals surface area contributed by atoms with Crippen molar-refractivity contribution in [3.8, 4) is 5.69 Å². The number of amides is 1. The number of benzene rings is 2. The highest BCUT2D eigenvalue weighted by molar-refractivity contribution is 7.90. The molecule has 4 aromatic rings. The maximum absolute atomic E-state index is 11.6. The monoisotopic (exact) mass is 471 g/mol. The van der Waals surface area contributed by atoms with E-state index in [2.05, 4.69) is 25.6 Å². The summed E-state index contributed by atoms with van der Waals surface area (Å²) in [6, 6.07) is 13.3. The Morgan fingerprint density at radius 2 is 1.88 bits per heavy atom. The van der Waals surface area contributed by atoms with Crippen LogP contribution >= 0.6 is 11.6 Å². The molecule has 4 rings (SSSR count). The lowest BCUT2D eigenvalue weighted by Gasteiger charge is -2.10.